The molecule has 126 valence electrons. The van der Waals surface area contributed by atoms with E-state index in [4.69, 9.17) is 9.15 Å². The highest BCUT2D eigenvalue weighted by atomic mass is 16.5. The standard InChI is InChI=1S/C16H25N5O2/c1-10(2)15-18-17-13(23-15)9-21-8-6-7-12(21)14-11(3)19-20(4)16(14)22-5/h10,12H,6-9H2,1-5H3/t12-/m0/s1. The molecule has 1 aliphatic heterocycles. The monoisotopic (exact) mass is 319 g/mol. The van der Waals surface area contributed by atoms with Gasteiger partial charge in [0, 0.05) is 19.0 Å². The topological polar surface area (TPSA) is 69.2 Å². The molecule has 1 fully saturated rings. The van der Waals surface area contributed by atoms with E-state index in [1.54, 1.807) is 7.11 Å². The average Bonchev–Trinajstić information content (AvgIpc) is 3.19. The maximum atomic E-state index is 5.77. The van der Waals surface area contributed by atoms with Crippen molar-refractivity contribution in [2.75, 3.05) is 13.7 Å². The highest BCUT2D eigenvalue weighted by molar-refractivity contribution is 5.35. The molecule has 0 bridgehead atoms. The van der Waals surface area contributed by atoms with Gasteiger partial charge in [-0.1, -0.05) is 13.8 Å². The first-order chi connectivity index (χ1) is 11.0. The predicted octanol–water partition coefficient (Wildman–Crippen LogP) is 2.58. The van der Waals surface area contributed by atoms with Gasteiger partial charge in [0.05, 0.1) is 24.9 Å². The molecule has 23 heavy (non-hydrogen) atoms. The second-order valence-electron chi connectivity index (χ2n) is 6.45. The van der Waals surface area contributed by atoms with Gasteiger partial charge in [-0.05, 0) is 26.3 Å². The molecular formula is C16H25N5O2. The lowest BCUT2D eigenvalue weighted by atomic mass is 10.1. The van der Waals surface area contributed by atoms with Crippen LogP contribution >= 0.6 is 0 Å². The number of aromatic nitrogens is 4. The molecule has 2 aromatic heterocycles. The van der Waals surface area contributed by atoms with Crippen molar-refractivity contribution in [1.29, 1.82) is 0 Å². The number of likely N-dealkylation sites (tertiary alicyclic amines) is 1. The second-order valence-corrected chi connectivity index (χ2v) is 6.45. The molecule has 7 heteroatoms. The summed E-state index contributed by atoms with van der Waals surface area (Å²) >= 11 is 0. The molecule has 0 saturated carbocycles. The van der Waals surface area contributed by atoms with Crippen molar-refractivity contribution in [2.45, 2.75) is 52.1 Å². The van der Waals surface area contributed by atoms with Crippen molar-refractivity contribution in [3.63, 3.8) is 0 Å². The van der Waals surface area contributed by atoms with Crippen LogP contribution in [0.5, 0.6) is 5.88 Å². The van der Waals surface area contributed by atoms with Gasteiger partial charge in [0.15, 0.2) is 0 Å². The summed E-state index contributed by atoms with van der Waals surface area (Å²) in [6.45, 7) is 7.83. The van der Waals surface area contributed by atoms with Crippen LogP contribution in [0.1, 0.15) is 61.7 Å². The van der Waals surface area contributed by atoms with E-state index in [-0.39, 0.29) is 12.0 Å². The molecule has 3 heterocycles. The van der Waals surface area contributed by atoms with Crippen LogP contribution in [0.2, 0.25) is 0 Å². The Morgan fingerprint density at radius 2 is 2.13 bits per heavy atom. The number of hydrogen-bond acceptors (Lipinski definition) is 6. The van der Waals surface area contributed by atoms with Gasteiger partial charge in [0.1, 0.15) is 0 Å². The molecule has 0 N–H and O–H groups in total. The van der Waals surface area contributed by atoms with E-state index in [2.05, 4.69) is 34.0 Å². The largest absolute Gasteiger partial charge is 0.481 e. The highest BCUT2D eigenvalue weighted by Gasteiger charge is 2.33. The molecule has 0 aliphatic carbocycles. The number of methoxy groups -OCH3 is 1. The smallest absolute Gasteiger partial charge is 0.230 e. The third-order valence-electron chi connectivity index (χ3n) is 4.42. The predicted molar refractivity (Wildman–Crippen MR) is 85.3 cm³/mol. The molecule has 2 aromatic rings. The number of nitrogens with zero attached hydrogens (tertiary/aromatic N) is 5. The zero-order valence-corrected chi connectivity index (χ0v) is 14.5. The van der Waals surface area contributed by atoms with E-state index < -0.39 is 0 Å². The van der Waals surface area contributed by atoms with Gasteiger partial charge in [0.2, 0.25) is 17.7 Å². The zero-order valence-electron chi connectivity index (χ0n) is 14.5. The molecule has 0 radical (unpaired) electrons. The van der Waals surface area contributed by atoms with Crippen molar-refractivity contribution >= 4 is 0 Å². The summed E-state index contributed by atoms with van der Waals surface area (Å²) in [5, 5.41) is 12.8. The first kappa shape index (κ1) is 16.0. The van der Waals surface area contributed by atoms with E-state index >= 15 is 0 Å². The minimum atomic E-state index is 0.256. The lowest BCUT2D eigenvalue weighted by Gasteiger charge is -2.23. The van der Waals surface area contributed by atoms with Gasteiger partial charge in [-0.3, -0.25) is 4.90 Å². The van der Waals surface area contributed by atoms with E-state index in [1.165, 1.54) is 5.56 Å². The van der Waals surface area contributed by atoms with Crippen LogP contribution in [-0.4, -0.2) is 38.5 Å². The minimum Gasteiger partial charge on any atom is -0.481 e. The van der Waals surface area contributed by atoms with Gasteiger partial charge in [0.25, 0.3) is 0 Å². The minimum absolute atomic E-state index is 0.256. The lowest BCUT2D eigenvalue weighted by molar-refractivity contribution is 0.215. The third kappa shape index (κ3) is 2.97. The van der Waals surface area contributed by atoms with E-state index in [0.717, 1.165) is 31.0 Å². The summed E-state index contributed by atoms with van der Waals surface area (Å²) in [5.41, 5.74) is 2.20. The van der Waals surface area contributed by atoms with Crippen molar-refractivity contribution < 1.29 is 9.15 Å². The third-order valence-corrected chi connectivity index (χ3v) is 4.42. The van der Waals surface area contributed by atoms with Gasteiger partial charge in [-0.2, -0.15) is 5.10 Å². The normalized spacial score (nSPS) is 19.0. The van der Waals surface area contributed by atoms with Crippen LogP contribution in [-0.2, 0) is 13.6 Å². The fourth-order valence-electron chi connectivity index (χ4n) is 3.36. The van der Waals surface area contributed by atoms with Gasteiger partial charge in [-0.15, -0.1) is 10.2 Å². The summed E-state index contributed by atoms with van der Waals surface area (Å²) < 4.78 is 13.1. The van der Waals surface area contributed by atoms with Crippen LogP contribution in [0, 0.1) is 6.92 Å². The Morgan fingerprint density at radius 3 is 2.78 bits per heavy atom. The first-order valence-corrected chi connectivity index (χ1v) is 8.15. The van der Waals surface area contributed by atoms with Gasteiger partial charge in [-0.25, -0.2) is 4.68 Å². The first-order valence-electron chi connectivity index (χ1n) is 8.15. The summed E-state index contributed by atoms with van der Waals surface area (Å²) in [7, 11) is 3.62. The summed E-state index contributed by atoms with van der Waals surface area (Å²) in [6, 6.07) is 0.285. The Hall–Kier alpha value is -1.89. The SMILES string of the molecule is COc1c([C@@H]2CCCN2Cc2nnc(C(C)C)o2)c(C)nn1C. The van der Waals surface area contributed by atoms with Crippen LogP contribution in [0.15, 0.2) is 4.42 Å². The fraction of sp³-hybridized carbons (Fsp3) is 0.688. The molecule has 1 atom stereocenters. The molecule has 0 unspecified atom stereocenters. The van der Waals surface area contributed by atoms with E-state index in [1.807, 2.05) is 18.7 Å². The number of aryl methyl sites for hydroxylation is 2. The Kier molecular flexibility index (Phi) is 4.39. The van der Waals surface area contributed by atoms with E-state index in [9.17, 15) is 0 Å². The molecular weight excluding hydrogens is 294 g/mol. The Labute approximate surface area is 136 Å². The van der Waals surface area contributed by atoms with Crippen molar-refractivity contribution in [3.8, 4) is 5.88 Å². The number of hydrogen-bond donors (Lipinski definition) is 0. The van der Waals surface area contributed by atoms with Gasteiger partial charge >= 0.3 is 0 Å². The van der Waals surface area contributed by atoms with Crippen molar-refractivity contribution in [2.24, 2.45) is 7.05 Å². The molecule has 3 rings (SSSR count). The zero-order chi connectivity index (χ0) is 16.6. The quantitative estimate of drug-likeness (QED) is 0.843. The Balaban J connectivity index is 1.83. The average molecular weight is 319 g/mol. The molecule has 0 amide bonds. The summed E-state index contributed by atoms with van der Waals surface area (Å²) in [5.74, 6) is 2.48. The van der Waals surface area contributed by atoms with E-state index in [0.29, 0.717) is 18.3 Å². The Bertz CT molecular complexity index is 676. The fourth-order valence-corrected chi connectivity index (χ4v) is 3.36. The van der Waals surface area contributed by atoms with Crippen LogP contribution < -0.4 is 4.74 Å². The maximum absolute atomic E-state index is 5.77. The molecule has 0 spiro atoms. The molecule has 1 aliphatic rings. The number of ether oxygens (including phenoxy) is 1. The maximum Gasteiger partial charge on any atom is 0.230 e. The van der Waals surface area contributed by atoms with Gasteiger partial charge < -0.3 is 9.15 Å². The highest BCUT2D eigenvalue weighted by Crippen LogP contribution is 2.39. The summed E-state index contributed by atoms with van der Waals surface area (Å²) in [6.07, 6.45) is 2.24. The Morgan fingerprint density at radius 1 is 1.35 bits per heavy atom. The number of rotatable bonds is 5. The van der Waals surface area contributed by atoms with Crippen LogP contribution in [0.4, 0.5) is 0 Å². The van der Waals surface area contributed by atoms with Crippen molar-refractivity contribution in [3.05, 3.63) is 23.0 Å². The molecule has 7 nitrogen and oxygen atoms in total. The van der Waals surface area contributed by atoms with Crippen molar-refractivity contribution in [1.82, 2.24) is 24.9 Å². The lowest BCUT2D eigenvalue weighted by Crippen LogP contribution is -2.23. The summed E-state index contributed by atoms with van der Waals surface area (Å²) in [4.78, 5) is 2.38. The van der Waals surface area contributed by atoms with Crippen LogP contribution in [0.3, 0.4) is 0 Å². The molecule has 1 saturated heterocycles. The second kappa shape index (κ2) is 6.31. The molecule has 0 aromatic carbocycles. The van der Waals surface area contributed by atoms with Crippen LogP contribution in [0.25, 0.3) is 0 Å².